The topological polar surface area (TPSA) is 44.2 Å². The van der Waals surface area contributed by atoms with Gasteiger partial charge in [-0.1, -0.05) is 64.5 Å². The summed E-state index contributed by atoms with van der Waals surface area (Å²) in [5.74, 6) is 1.90. The molecule has 0 unspecified atom stereocenters. The second kappa shape index (κ2) is 12.5. The van der Waals surface area contributed by atoms with E-state index < -0.39 is 0 Å². The van der Waals surface area contributed by atoms with Crippen molar-refractivity contribution >= 4 is 45.4 Å². The molecule has 0 radical (unpaired) electrons. The standard InChI is InChI=1S/C26H32N2O2S3/c1-3-5-7-9-15-29-21-13-17-31-25(21)19-11-12-20(24-23(19)27-33-28-24)26-22(14-18-32-26)30-16-10-8-6-4-2/h11-14,17-18H,3-10,15-16H2,1-2H3. The molecule has 0 amide bonds. The van der Waals surface area contributed by atoms with Crippen LogP contribution in [0.4, 0.5) is 0 Å². The fourth-order valence-corrected chi connectivity index (χ4v) is 6.17. The highest BCUT2D eigenvalue weighted by Gasteiger charge is 2.19. The average Bonchev–Trinajstić information content (AvgIpc) is 3.59. The maximum Gasteiger partial charge on any atom is 0.137 e. The predicted octanol–water partition coefficient (Wildman–Crippen LogP) is 9.07. The molecule has 0 saturated heterocycles. The summed E-state index contributed by atoms with van der Waals surface area (Å²) in [6, 6.07) is 8.48. The molecule has 4 nitrogen and oxygen atoms in total. The molecule has 0 N–H and O–H groups in total. The summed E-state index contributed by atoms with van der Waals surface area (Å²) in [5.41, 5.74) is 4.08. The average molecular weight is 501 g/mol. The third-order valence-electron chi connectivity index (χ3n) is 5.67. The van der Waals surface area contributed by atoms with Crippen LogP contribution in [0.1, 0.15) is 65.2 Å². The first-order valence-electron chi connectivity index (χ1n) is 12.0. The number of unbranched alkanes of at least 4 members (excludes halogenated alkanes) is 6. The summed E-state index contributed by atoms with van der Waals surface area (Å²) in [4.78, 5) is 2.27. The fraction of sp³-hybridized carbons (Fsp3) is 0.462. The normalized spacial score (nSPS) is 11.3. The SMILES string of the molecule is CCCCCCOc1ccsc1-c1ccc(-c2sccc2OCCCCCC)c2nsnc12. The lowest BCUT2D eigenvalue weighted by molar-refractivity contribution is 0.307. The van der Waals surface area contributed by atoms with E-state index in [-0.39, 0.29) is 0 Å². The van der Waals surface area contributed by atoms with E-state index in [9.17, 15) is 0 Å². The maximum absolute atomic E-state index is 6.15. The smallest absolute Gasteiger partial charge is 0.137 e. The van der Waals surface area contributed by atoms with E-state index >= 15 is 0 Å². The molecule has 176 valence electrons. The van der Waals surface area contributed by atoms with Crippen LogP contribution in [0.2, 0.25) is 0 Å². The highest BCUT2D eigenvalue weighted by Crippen LogP contribution is 2.44. The Morgan fingerprint density at radius 3 is 1.58 bits per heavy atom. The van der Waals surface area contributed by atoms with Crippen molar-refractivity contribution in [2.75, 3.05) is 13.2 Å². The molecule has 3 heterocycles. The summed E-state index contributed by atoms with van der Waals surface area (Å²) < 4.78 is 21.6. The van der Waals surface area contributed by atoms with E-state index in [1.54, 1.807) is 22.7 Å². The monoisotopic (exact) mass is 500 g/mol. The van der Waals surface area contributed by atoms with Crippen molar-refractivity contribution < 1.29 is 9.47 Å². The van der Waals surface area contributed by atoms with Gasteiger partial charge in [0.25, 0.3) is 0 Å². The third kappa shape index (κ3) is 5.94. The van der Waals surface area contributed by atoms with Crippen molar-refractivity contribution in [3.63, 3.8) is 0 Å². The molecule has 0 aliphatic carbocycles. The number of aromatic nitrogens is 2. The third-order valence-corrected chi connectivity index (χ3v) is 8.06. The van der Waals surface area contributed by atoms with Gasteiger partial charge in [0.2, 0.25) is 0 Å². The molecule has 0 aliphatic heterocycles. The Morgan fingerprint density at radius 2 is 1.12 bits per heavy atom. The van der Waals surface area contributed by atoms with E-state index in [0.717, 1.165) is 69.5 Å². The van der Waals surface area contributed by atoms with Gasteiger partial charge in [-0.05, 0) is 35.7 Å². The highest BCUT2D eigenvalue weighted by molar-refractivity contribution is 7.14. The molecule has 7 heteroatoms. The predicted molar refractivity (Wildman–Crippen MR) is 143 cm³/mol. The zero-order chi connectivity index (χ0) is 22.9. The van der Waals surface area contributed by atoms with Crippen molar-refractivity contribution in [1.82, 2.24) is 8.75 Å². The lowest BCUT2D eigenvalue weighted by Crippen LogP contribution is -1.98. The number of ether oxygens (including phenoxy) is 2. The molecule has 0 saturated carbocycles. The minimum Gasteiger partial charge on any atom is -0.492 e. The Balaban J connectivity index is 1.54. The van der Waals surface area contributed by atoms with Crippen LogP contribution in [0.5, 0.6) is 11.5 Å². The van der Waals surface area contributed by atoms with Gasteiger partial charge in [-0.3, -0.25) is 0 Å². The summed E-state index contributed by atoms with van der Waals surface area (Å²) >= 11 is 4.67. The van der Waals surface area contributed by atoms with E-state index in [1.165, 1.54) is 50.3 Å². The van der Waals surface area contributed by atoms with Crippen LogP contribution < -0.4 is 9.47 Å². The minimum atomic E-state index is 0.758. The van der Waals surface area contributed by atoms with Crippen LogP contribution >= 0.6 is 34.4 Å². The lowest BCUT2D eigenvalue weighted by Gasteiger charge is -2.10. The molecule has 4 rings (SSSR count). The van der Waals surface area contributed by atoms with Crippen LogP contribution in [0, 0.1) is 0 Å². The van der Waals surface area contributed by atoms with Crippen LogP contribution in [0.25, 0.3) is 31.9 Å². The summed E-state index contributed by atoms with van der Waals surface area (Å²) in [6.45, 7) is 5.98. The molecule has 0 bridgehead atoms. The van der Waals surface area contributed by atoms with Gasteiger partial charge in [0.15, 0.2) is 0 Å². The number of thiophene rings is 2. The van der Waals surface area contributed by atoms with E-state index in [0.29, 0.717) is 0 Å². The van der Waals surface area contributed by atoms with Gasteiger partial charge in [0.1, 0.15) is 22.5 Å². The summed E-state index contributed by atoms with van der Waals surface area (Å²) in [5, 5.41) is 4.19. The van der Waals surface area contributed by atoms with Gasteiger partial charge in [0, 0.05) is 11.1 Å². The van der Waals surface area contributed by atoms with Gasteiger partial charge in [-0.2, -0.15) is 8.75 Å². The summed E-state index contributed by atoms with van der Waals surface area (Å²) in [6.07, 6.45) is 9.62. The second-order valence-electron chi connectivity index (χ2n) is 8.17. The zero-order valence-electron chi connectivity index (χ0n) is 19.5. The Bertz CT molecular complexity index is 1050. The first kappa shape index (κ1) is 24.2. The number of rotatable bonds is 14. The molecular formula is C26H32N2O2S3. The minimum absolute atomic E-state index is 0.758. The number of fused-ring (bicyclic) bond motifs is 1. The molecule has 0 atom stereocenters. The van der Waals surface area contributed by atoms with E-state index in [2.05, 4.69) is 57.6 Å². The number of benzene rings is 1. The van der Waals surface area contributed by atoms with Crippen molar-refractivity contribution in [3.8, 4) is 32.4 Å². The van der Waals surface area contributed by atoms with Crippen molar-refractivity contribution in [3.05, 3.63) is 35.0 Å². The van der Waals surface area contributed by atoms with Crippen molar-refractivity contribution in [2.45, 2.75) is 65.2 Å². The van der Waals surface area contributed by atoms with Gasteiger partial charge in [-0.25, -0.2) is 0 Å². The molecule has 4 aromatic rings. The molecule has 3 aromatic heterocycles. The van der Waals surface area contributed by atoms with Crippen LogP contribution in [-0.2, 0) is 0 Å². The van der Waals surface area contributed by atoms with Gasteiger partial charge in [0.05, 0.1) is 34.7 Å². The lowest BCUT2D eigenvalue weighted by atomic mass is 10.1. The fourth-order valence-electron chi connectivity index (χ4n) is 3.87. The molecule has 0 aliphatic rings. The molecule has 1 aromatic carbocycles. The van der Waals surface area contributed by atoms with Crippen LogP contribution in [0.15, 0.2) is 35.0 Å². The van der Waals surface area contributed by atoms with E-state index in [1.807, 2.05) is 0 Å². The highest BCUT2D eigenvalue weighted by atomic mass is 32.1. The van der Waals surface area contributed by atoms with Gasteiger partial charge >= 0.3 is 0 Å². The van der Waals surface area contributed by atoms with Gasteiger partial charge in [-0.15, -0.1) is 22.7 Å². The molecule has 0 spiro atoms. The van der Waals surface area contributed by atoms with Crippen molar-refractivity contribution in [2.24, 2.45) is 0 Å². The Hall–Kier alpha value is -1.96. The number of nitrogens with zero attached hydrogens (tertiary/aromatic N) is 2. The van der Waals surface area contributed by atoms with Crippen LogP contribution in [-0.4, -0.2) is 22.0 Å². The Labute approximate surface area is 208 Å². The van der Waals surface area contributed by atoms with Crippen LogP contribution in [0.3, 0.4) is 0 Å². The first-order valence-corrected chi connectivity index (χ1v) is 14.5. The van der Waals surface area contributed by atoms with E-state index in [4.69, 9.17) is 9.47 Å². The maximum atomic E-state index is 6.15. The second-order valence-corrected chi connectivity index (χ2v) is 10.5. The Kier molecular flexibility index (Phi) is 9.15. The largest absolute Gasteiger partial charge is 0.492 e. The Morgan fingerprint density at radius 1 is 0.636 bits per heavy atom. The number of hydrogen-bond acceptors (Lipinski definition) is 7. The quantitative estimate of drug-likeness (QED) is 0.162. The number of hydrogen-bond donors (Lipinski definition) is 0. The molecule has 33 heavy (non-hydrogen) atoms. The molecule has 0 fully saturated rings. The zero-order valence-corrected chi connectivity index (χ0v) is 21.9. The first-order chi connectivity index (χ1) is 16.3. The summed E-state index contributed by atoms with van der Waals surface area (Å²) in [7, 11) is 0. The van der Waals surface area contributed by atoms with Gasteiger partial charge < -0.3 is 9.47 Å². The molecular weight excluding hydrogens is 468 g/mol. The van der Waals surface area contributed by atoms with Crippen molar-refractivity contribution in [1.29, 1.82) is 0 Å².